The van der Waals surface area contributed by atoms with Crippen LogP contribution in [-0.4, -0.2) is 60.2 Å². The lowest BCUT2D eigenvalue weighted by molar-refractivity contribution is -0.140. The van der Waals surface area contributed by atoms with Crippen LogP contribution in [0.1, 0.15) is 43.9 Å². The van der Waals surface area contributed by atoms with Gasteiger partial charge in [-0.2, -0.15) is 0 Å². The lowest BCUT2D eigenvalue weighted by atomic mass is 9.95. The number of aliphatic hydroxyl groups excluding tert-OH is 1. The van der Waals surface area contributed by atoms with Gasteiger partial charge in [-0.3, -0.25) is 14.6 Å². The smallest absolute Gasteiger partial charge is 0.295 e. The lowest BCUT2D eigenvalue weighted by Crippen LogP contribution is -2.31. The molecule has 1 fully saturated rings. The van der Waals surface area contributed by atoms with Gasteiger partial charge in [0.2, 0.25) is 0 Å². The topological polar surface area (TPSA) is 98.2 Å². The van der Waals surface area contributed by atoms with Gasteiger partial charge in [-0.1, -0.05) is 13.0 Å². The molecule has 0 radical (unpaired) electrons. The second kappa shape index (κ2) is 11.5. The number of nitrogens with zero attached hydrogens (tertiary/aromatic N) is 2. The zero-order valence-electron chi connectivity index (χ0n) is 19.2. The largest absolute Gasteiger partial charge is 0.507 e. The van der Waals surface area contributed by atoms with Gasteiger partial charge in [0.25, 0.3) is 11.7 Å². The Morgan fingerprint density at radius 2 is 1.82 bits per heavy atom. The zero-order chi connectivity index (χ0) is 23.8. The molecule has 1 atom stereocenters. The van der Waals surface area contributed by atoms with E-state index in [0.717, 1.165) is 6.42 Å². The van der Waals surface area contributed by atoms with Crippen LogP contribution < -0.4 is 9.47 Å². The van der Waals surface area contributed by atoms with Crippen molar-refractivity contribution in [1.29, 1.82) is 0 Å². The third-order valence-electron chi connectivity index (χ3n) is 5.29. The second-order valence-corrected chi connectivity index (χ2v) is 7.56. The third-order valence-corrected chi connectivity index (χ3v) is 5.29. The minimum atomic E-state index is -0.769. The molecule has 0 saturated carbocycles. The summed E-state index contributed by atoms with van der Waals surface area (Å²) in [5.74, 6) is -0.506. The number of benzene rings is 1. The summed E-state index contributed by atoms with van der Waals surface area (Å²) < 4.78 is 16.7. The molecule has 1 aliphatic heterocycles. The average Bonchev–Trinajstić information content (AvgIpc) is 3.08. The number of carbonyl (C=O) groups is 2. The maximum Gasteiger partial charge on any atom is 0.295 e. The Balaban J connectivity index is 2.12. The quantitative estimate of drug-likeness (QED) is 0.239. The molecule has 0 aliphatic carbocycles. The van der Waals surface area contributed by atoms with Crippen LogP contribution in [0.5, 0.6) is 11.5 Å². The first kappa shape index (κ1) is 24.3. The van der Waals surface area contributed by atoms with Crippen LogP contribution in [0.25, 0.3) is 5.76 Å². The number of ketones is 1. The highest BCUT2D eigenvalue weighted by Crippen LogP contribution is 2.42. The van der Waals surface area contributed by atoms with Crippen LogP contribution in [0.3, 0.4) is 0 Å². The molecule has 2 aromatic rings. The van der Waals surface area contributed by atoms with Crippen molar-refractivity contribution in [2.75, 3.05) is 33.5 Å². The summed E-state index contributed by atoms with van der Waals surface area (Å²) in [5.41, 5.74) is 1.10. The van der Waals surface area contributed by atoms with E-state index in [1.807, 2.05) is 13.8 Å². The Hall–Kier alpha value is -3.39. The van der Waals surface area contributed by atoms with E-state index in [9.17, 15) is 14.7 Å². The number of hydrogen-bond acceptors (Lipinski definition) is 7. The van der Waals surface area contributed by atoms with Crippen LogP contribution in [0.2, 0.25) is 0 Å². The SMILES string of the molecule is CCCOc1ccc(C2C(=C(O)c3ccncc3)C(=O)C(=O)N2CCCOC)cc1OCC. The molecule has 0 spiro atoms. The maximum atomic E-state index is 13.1. The van der Waals surface area contributed by atoms with E-state index in [-0.39, 0.29) is 11.3 Å². The van der Waals surface area contributed by atoms with Gasteiger partial charge < -0.3 is 24.2 Å². The van der Waals surface area contributed by atoms with Crippen molar-refractivity contribution in [3.63, 3.8) is 0 Å². The number of carbonyl (C=O) groups excluding carboxylic acids is 2. The molecule has 1 unspecified atom stereocenters. The number of ether oxygens (including phenoxy) is 3. The number of likely N-dealkylation sites (tertiary alicyclic amines) is 1. The summed E-state index contributed by atoms with van der Waals surface area (Å²) in [7, 11) is 1.58. The lowest BCUT2D eigenvalue weighted by Gasteiger charge is -2.26. The van der Waals surface area contributed by atoms with Crippen LogP contribution >= 0.6 is 0 Å². The van der Waals surface area contributed by atoms with Crippen molar-refractivity contribution in [3.8, 4) is 11.5 Å². The van der Waals surface area contributed by atoms with Crippen molar-refractivity contribution in [2.45, 2.75) is 32.7 Å². The highest BCUT2D eigenvalue weighted by atomic mass is 16.5. The summed E-state index contributed by atoms with van der Waals surface area (Å²) in [4.78, 5) is 31.5. The highest BCUT2D eigenvalue weighted by molar-refractivity contribution is 6.46. The van der Waals surface area contributed by atoms with E-state index in [1.165, 1.54) is 17.3 Å². The molecular weight excluding hydrogens is 424 g/mol. The minimum absolute atomic E-state index is 0.0355. The Bertz CT molecular complexity index is 1010. The van der Waals surface area contributed by atoms with Crippen molar-refractivity contribution in [1.82, 2.24) is 9.88 Å². The highest BCUT2D eigenvalue weighted by Gasteiger charge is 2.46. The van der Waals surface area contributed by atoms with E-state index < -0.39 is 17.7 Å². The molecule has 1 saturated heterocycles. The Labute approximate surface area is 193 Å². The summed E-state index contributed by atoms with van der Waals surface area (Å²) >= 11 is 0. The van der Waals surface area contributed by atoms with Crippen LogP contribution in [-0.2, 0) is 14.3 Å². The number of amides is 1. The van der Waals surface area contributed by atoms with Gasteiger partial charge in [0.1, 0.15) is 5.76 Å². The molecule has 1 amide bonds. The average molecular weight is 455 g/mol. The second-order valence-electron chi connectivity index (χ2n) is 7.56. The molecule has 1 aliphatic rings. The van der Waals surface area contributed by atoms with Crippen LogP contribution in [0.15, 0.2) is 48.3 Å². The van der Waals surface area contributed by atoms with Gasteiger partial charge >= 0.3 is 0 Å². The molecule has 1 N–H and O–H groups in total. The molecule has 8 nitrogen and oxygen atoms in total. The number of methoxy groups -OCH3 is 1. The molecule has 33 heavy (non-hydrogen) atoms. The first-order chi connectivity index (χ1) is 16.0. The number of aliphatic hydroxyl groups is 1. The number of Topliss-reactive ketones (excluding diaryl/α,β-unsaturated/α-hetero) is 1. The fraction of sp³-hybridized carbons (Fsp3) is 0.400. The number of rotatable bonds is 11. The Morgan fingerprint density at radius 3 is 2.48 bits per heavy atom. The van der Waals surface area contributed by atoms with E-state index in [0.29, 0.717) is 55.4 Å². The standard InChI is InChI=1S/C25H30N2O6/c1-4-14-33-19-8-7-18(16-20(19)32-5-2)22-21(23(28)17-9-11-26-12-10-17)24(29)25(30)27(22)13-6-15-31-3/h7-12,16,22,28H,4-6,13-15H2,1-3H3. The van der Waals surface area contributed by atoms with Gasteiger partial charge in [0.15, 0.2) is 11.5 Å². The molecule has 3 rings (SSSR count). The molecule has 8 heteroatoms. The fourth-order valence-corrected chi connectivity index (χ4v) is 3.80. The van der Waals surface area contributed by atoms with E-state index >= 15 is 0 Å². The predicted molar refractivity (Wildman–Crippen MR) is 123 cm³/mol. The Morgan fingerprint density at radius 1 is 1.06 bits per heavy atom. The van der Waals surface area contributed by atoms with Crippen molar-refractivity contribution in [2.24, 2.45) is 0 Å². The third kappa shape index (κ3) is 5.34. The van der Waals surface area contributed by atoms with Crippen LogP contribution in [0.4, 0.5) is 0 Å². The van der Waals surface area contributed by atoms with Gasteiger partial charge in [0.05, 0.1) is 24.8 Å². The van der Waals surface area contributed by atoms with Crippen molar-refractivity contribution < 1.29 is 28.9 Å². The molecular formula is C25H30N2O6. The monoisotopic (exact) mass is 454 g/mol. The van der Waals surface area contributed by atoms with E-state index in [1.54, 1.807) is 37.4 Å². The molecule has 176 valence electrons. The van der Waals surface area contributed by atoms with Crippen LogP contribution in [0, 0.1) is 0 Å². The molecule has 0 bridgehead atoms. The first-order valence-corrected chi connectivity index (χ1v) is 11.1. The summed E-state index contributed by atoms with van der Waals surface area (Å²) in [5, 5.41) is 11.0. The first-order valence-electron chi connectivity index (χ1n) is 11.1. The maximum absolute atomic E-state index is 13.1. The molecule has 1 aromatic heterocycles. The molecule has 2 heterocycles. The minimum Gasteiger partial charge on any atom is -0.507 e. The zero-order valence-corrected chi connectivity index (χ0v) is 19.2. The molecule has 1 aromatic carbocycles. The normalized spacial score (nSPS) is 17.4. The van der Waals surface area contributed by atoms with Gasteiger partial charge in [0, 0.05) is 38.2 Å². The van der Waals surface area contributed by atoms with Crippen molar-refractivity contribution >= 4 is 17.4 Å². The van der Waals surface area contributed by atoms with Gasteiger partial charge in [-0.15, -0.1) is 0 Å². The van der Waals surface area contributed by atoms with Gasteiger partial charge in [-0.25, -0.2) is 0 Å². The van der Waals surface area contributed by atoms with E-state index in [2.05, 4.69) is 4.98 Å². The van der Waals surface area contributed by atoms with E-state index in [4.69, 9.17) is 14.2 Å². The summed E-state index contributed by atoms with van der Waals surface area (Å²) in [6, 6.07) is 7.77. The fourth-order valence-electron chi connectivity index (χ4n) is 3.80. The Kier molecular flexibility index (Phi) is 8.43. The number of pyridine rings is 1. The number of hydrogen-bond donors (Lipinski definition) is 1. The number of aromatic nitrogens is 1. The predicted octanol–water partition coefficient (Wildman–Crippen LogP) is 3.73. The summed E-state index contributed by atoms with van der Waals surface area (Å²) in [6.45, 7) is 5.59. The van der Waals surface area contributed by atoms with Gasteiger partial charge in [-0.05, 0) is 49.6 Å². The summed E-state index contributed by atoms with van der Waals surface area (Å²) in [6.07, 6.45) is 4.43. The van der Waals surface area contributed by atoms with Crippen molar-refractivity contribution in [3.05, 3.63) is 59.4 Å².